The molecule has 7 heteroatoms. The number of methoxy groups -OCH3 is 1. The van der Waals surface area contributed by atoms with Gasteiger partial charge in [0.25, 0.3) is 5.17 Å². The first-order chi connectivity index (χ1) is 14.1. The molecule has 1 N–H and O–H groups in total. The molecule has 1 spiro atoms. The standard InChI is InChI=1S/C22H25N3O3S/c1-16-10-12-17(13-11-16)20-24-28-22(14-6-3-7-15-22)25(20)27-21(29)23-18-8-4-5-9-19(18)26-2/h4-5,8-13H,3,6-7,14-15H2,1-2H3,(H,23,29). The number of aryl methyl sites for hydroxylation is 1. The molecule has 0 unspecified atom stereocenters. The van der Waals surface area contributed by atoms with E-state index in [1.54, 1.807) is 12.2 Å². The fourth-order valence-corrected chi connectivity index (χ4v) is 3.94. The summed E-state index contributed by atoms with van der Waals surface area (Å²) in [5.74, 6) is 1.33. The Bertz CT molecular complexity index is 908. The molecular weight excluding hydrogens is 386 g/mol. The molecule has 0 amide bonds. The van der Waals surface area contributed by atoms with Crippen LogP contribution >= 0.6 is 12.2 Å². The maximum absolute atomic E-state index is 6.15. The van der Waals surface area contributed by atoms with E-state index in [4.69, 9.17) is 26.6 Å². The topological polar surface area (TPSA) is 55.3 Å². The van der Waals surface area contributed by atoms with Crippen LogP contribution in [-0.4, -0.2) is 28.9 Å². The lowest BCUT2D eigenvalue weighted by molar-refractivity contribution is -0.217. The zero-order valence-corrected chi connectivity index (χ0v) is 17.5. The van der Waals surface area contributed by atoms with E-state index in [2.05, 4.69) is 17.4 Å². The van der Waals surface area contributed by atoms with Gasteiger partial charge in [-0.2, -0.15) is 0 Å². The Balaban J connectivity index is 1.58. The summed E-state index contributed by atoms with van der Waals surface area (Å²) in [6.07, 6.45) is 4.97. The second-order valence-corrected chi connectivity index (χ2v) is 7.75. The van der Waals surface area contributed by atoms with Crippen LogP contribution in [0.5, 0.6) is 5.75 Å². The lowest BCUT2D eigenvalue weighted by atomic mass is 9.91. The predicted octanol–water partition coefficient (Wildman–Crippen LogP) is 4.99. The van der Waals surface area contributed by atoms with Crippen molar-refractivity contribution in [3.63, 3.8) is 0 Å². The van der Waals surface area contributed by atoms with Gasteiger partial charge in [-0.1, -0.05) is 53.5 Å². The van der Waals surface area contributed by atoms with Gasteiger partial charge in [-0.05, 0) is 44.1 Å². The normalized spacial score (nSPS) is 17.4. The highest BCUT2D eigenvalue weighted by Gasteiger charge is 2.49. The van der Waals surface area contributed by atoms with Crippen LogP contribution in [0.1, 0.15) is 43.2 Å². The first-order valence-electron chi connectivity index (χ1n) is 9.87. The van der Waals surface area contributed by atoms with Gasteiger partial charge in [0.15, 0.2) is 0 Å². The summed E-state index contributed by atoms with van der Waals surface area (Å²) in [6, 6.07) is 15.7. The van der Waals surface area contributed by atoms with Crippen molar-refractivity contribution in [1.82, 2.24) is 5.06 Å². The van der Waals surface area contributed by atoms with E-state index in [0.717, 1.165) is 36.9 Å². The van der Waals surface area contributed by atoms with Gasteiger partial charge >= 0.3 is 0 Å². The summed E-state index contributed by atoms with van der Waals surface area (Å²) in [6.45, 7) is 2.06. The molecule has 2 aromatic rings. The molecule has 1 heterocycles. The Kier molecular flexibility index (Phi) is 5.58. The van der Waals surface area contributed by atoms with Crippen LogP contribution in [0.2, 0.25) is 0 Å². The van der Waals surface area contributed by atoms with Gasteiger partial charge in [-0.15, -0.1) is 5.06 Å². The SMILES string of the molecule is COc1ccccc1NC(=S)ON1C(c2ccc(C)cc2)=NOC12CCCCC2. The highest BCUT2D eigenvalue weighted by atomic mass is 32.1. The summed E-state index contributed by atoms with van der Waals surface area (Å²) in [7, 11) is 1.62. The number of amidine groups is 1. The van der Waals surface area contributed by atoms with Gasteiger partial charge in [0, 0.05) is 18.4 Å². The van der Waals surface area contributed by atoms with Crippen LogP contribution in [0, 0.1) is 6.92 Å². The van der Waals surface area contributed by atoms with Crippen LogP contribution in [0.4, 0.5) is 5.69 Å². The van der Waals surface area contributed by atoms with Crippen molar-refractivity contribution >= 4 is 28.9 Å². The first-order valence-corrected chi connectivity index (χ1v) is 10.3. The van der Waals surface area contributed by atoms with E-state index >= 15 is 0 Å². The highest BCUT2D eigenvalue weighted by molar-refractivity contribution is 7.80. The van der Waals surface area contributed by atoms with Crippen LogP contribution in [0.15, 0.2) is 53.7 Å². The van der Waals surface area contributed by atoms with Crippen molar-refractivity contribution in [1.29, 1.82) is 0 Å². The molecular formula is C22H25N3O3S. The molecule has 1 aliphatic heterocycles. The summed E-state index contributed by atoms with van der Waals surface area (Å²) in [5.41, 5.74) is 2.23. The number of oxime groups is 1. The second-order valence-electron chi connectivity index (χ2n) is 7.38. The average molecular weight is 412 g/mol. The number of thiocarbonyl (C=S) groups is 1. The molecule has 2 aromatic carbocycles. The number of para-hydroxylation sites is 2. The van der Waals surface area contributed by atoms with E-state index in [1.807, 2.05) is 48.5 Å². The summed E-state index contributed by atoms with van der Waals surface area (Å²) >= 11 is 5.52. The second kappa shape index (κ2) is 8.29. The van der Waals surface area contributed by atoms with Crippen molar-refractivity contribution in [2.24, 2.45) is 5.16 Å². The molecule has 0 saturated heterocycles. The minimum absolute atomic E-state index is 0.213. The van der Waals surface area contributed by atoms with E-state index in [9.17, 15) is 0 Å². The van der Waals surface area contributed by atoms with Crippen molar-refractivity contribution in [2.45, 2.75) is 44.8 Å². The maximum atomic E-state index is 6.15. The molecule has 1 fully saturated rings. The van der Waals surface area contributed by atoms with Crippen LogP contribution in [-0.2, 0) is 9.68 Å². The van der Waals surface area contributed by atoms with Crippen LogP contribution in [0.25, 0.3) is 0 Å². The van der Waals surface area contributed by atoms with Gasteiger partial charge in [0.1, 0.15) is 5.75 Å². The monoisotopic (exact) mass is 411 g/mol. The third kappa shape index (κ3) is 4.00. The van der Waals surface area contributed by atoms with E-state index in [0.29, 0.717) is 11.6 Å². The van der Waals surface area contributed by atoms with Crippen molar-refractivity contribution in [3.05, 3.63) is 59.7 Å². The molecule has 29 heavy (non-hydrogen) atoms. The number of nitrogens with one attached hydrogen (secondary N) is 1. The molecule has 0 bridgehead atoms. The minimum atomic E-state index is -0.620. The molecule has 2 aliphatic rings. The molecule has 152 valence electrons. The minimum Gasteiger partial charge on any atom is -0.495 e. The molecule has 1 aliphatic carbocycles. The predicted molar refractivity (Wildman–Crippen MR) is 117 cm³/mol. The first kappa shape index (κ1) is 19.5. The smallest absolute Gasteiger partial charge is 0.291 e. The molecule has 0 aromatic heterocycles. The third-order valence-corrected chi connectivity index (χ3v) is 5.50. The molecule has 0 atom stereocenters. The number of benzene rings is 2. The third-order valence-electron chi connectivity index (χ3n) is 5.33. The molecule has 0 radical (unpaired) electrons. The summed E-state index contributed by atoms with van der Waals surface area (Å²) < 4.78 is 5.39. The van der Waals surface area contributed by atoms with E-state index < -0.39 is 5.72 Å². The van der Waals surface area contributed by atoms with E-state index in [1.165, 1.54) is 12.0 Å². The largest absolute Gasteiger partial charge is 0.495 e. The van der Waals surface area contributed by atoms with Crippen molar-refractivity contribution in [3.8, 4) is 5.75 Å². The Morgan fingerprint density at radius 1 is 1.10 bits per heavy atom. The van der Waals surface area contributed by atoms with E-state index in [-0.39, 0.29) is 5.17 Å². The zero-order chi connectivity index (χ0) is 20.3. The van der Waals surface area contributed by atoms with Crippen molar-refractivity contribution in [2.75, 3.05) is 12.4 Å². The van der Waals surface area contributed by atoms with Crippen LogP contribution < -0.4 is 10.1 Å². The van der Waals surface area contributed by atoms with Gasteiger partial charge in [0.2, 0.25) is 11.6 Å². The van der Waals surface area contributed by atoms with Crippen LogP contribution in [0.3, 0.4) is 0 Å². The quantitative estimate of drug-likeness (QED) is 0.716. The molecule has 4 rings (SSSR count). The van der Waals surface area contributed by atoms with Gasteiger partial charge in [0.05, 0.1) is 12.8 Å². The fraction of sp³-hybridized carbons (Fsp3) is 0.364. The molecule has 6 nitrogen and oxygen atoms in total. The number of rotatable bonds is 4. The number of hydrogen-bond donors (Lipinski definition) is 1. The number of hydroxylamine groups is 2. The number of ether oxygens (including phenoxy) is 1. The summed E-state index contributed by atoms with van der Waals surface area (Å²) in [5, 5.41) is 9.48. The number of anilines is 1. The number of hydrogen-bond acceptors (Lipinski definition) is 6. The van der Waals surface area contributed by atoms with Gasteiger partial charge in [-0.3, -0.25) is 0 Å². The van der Waals surface area contributed by atoms with Gasteiger partial charge in [-0.25, -0.2) is 0 Å². The highest BCUT2D eigenvalue weighted by Crippen LogP contribution is 2.40. The molecule has 1 saturated carbocycles. The van der Waals surface area contributed by atoms with Gasteiger partial charge < -0.3 is 19.7 Å². The Morgan fingerprint density at radius 2 is 1.83 bits per heavy atom. The zero-order valence-electron chi connectivity index (χ0n) is 16.7. The lowest BCUT2D eigenvalue weighted by Gasteiger charge is -2.38. The Labute approximate surface area is 176 Å². The Hall–Kier alpha value is -2.80. The lowest BCUT2D eigenvalue weighted by Crippen LogP contribution is -2.51. The average Bonchev–Trinajstić information content (AvgIpc) is 3.07. The Morgan fingerprint density at radius 3 is 2.55 bits per heavy atom. The summed E-state index contributed by atoms with van der Waals surface area (Å²) in [4.78, 5) is 12.1. The number of nitrogens with zero attached hydrogens (tertiary/aromatic N) is 2. The maximum Gasteiger partial charge on any atom is 0.291 e. The van der Waals surface area contributed by atoms with Crippen molar-refractivity contribution < 1.29 is 14.4 Å². The fourth-order valence-electron chi connectivity index (χ4n) is 3.76.